The van der Waals surface area contributed by atoms with E-state index >= 15 is 0 Å². The molecule has 2 rings (SSSR count). The first kappa shape index (κ1) is 12.4. The Morgan fingerprint density at radius 1 is 1.41 bits per heavy atom. The first-order valence-corrected chi connectivity index (χ1v) is 6.25. The highest BCUT2D eigenvalue weighted by atomic mass is 35.5. The van der Waals surface area contributed by atoms with E-state index in [9.17, 15) is 9.90 Å². The Balaban J connectivity index is 1.88. The van der Waals surface area contributed by atoms with E-state index in [-0.39, 0.29) is 12.0 Å². The zero-order valence-electron chi connectivity index (χ0n) is 9.53. The highest BCUT2D eigenvalue weighted by Crippen LogP contribution is 2.24. The van der Waals surface area contributed by atoms with Crippen molar-refractivity contribution in [3.05, 3.63) is 34.9 Å². The molecule has 1 aliphatic rings. The van der Waals surface area contributed by atoms with Crippen molar-refractivity contribution in [2.75, 3.05) is 6.54 Å². The average Bonchev–Trinajstić information content (AvgIpc) is 2.73. The average molecular weight is 254 g/mol. The summed E-state index contributed by atoms with van der Waals surface area (Å²) in [6.45, 7) is 0.612. The Hall–Kier alpha value is -1.06. The van der Waals surface area contributed by atoms with Crippen molar-refractivity contribution in [2.24, 2.45) is 5.92 Å². The van der Waals surface area contributed by atoms with Gasteiger partial charge in [0.2, 0.25) is 0 Å². The van der Waals surface area contributed by atoms with E-state index in [4.69, 9.17) is 11.6 Å². The molecule has 0 aliphatic heterocycles. The molecule has 0 bridgehead atoms. The van der Waals surface area contributed by atoms with Crippen molar-refractivity contribution in [1.82, 2.24) is 5.32 Å². The Labute approximate surface area is 106 Å². The summed E-state index contributed by atoms with van der Waals surface area (Å²) in [4.78, 5) is 11.8. The summed E-state index contributed by atoms with van der Waals surface area (Å²) in [6, 6.07) is 7.00. The molecule has 0 saturated heterocycles. The maximum absolute atomic E-state index is 11.8. The van der Waals surface area contributed by atoms with E-state index in [1.165, 1.54) is 0 Å². The molecule has 92 valence electrons. The van der Waals surface area contributed by atoms with Crippen LogP contribution >= 0.6 is 11.6 Å². The van der Waals surface area contributed by atoms with Gasteiger partial charge in [0.25, 0.3) is 5.91 Å². The molecule has 17 heavy (non-hydrogen) atoms. The van der Waals surface area contributed by atoms with Crippen molar-refractivity contribution in [3.63, 3.8) is 0 Å². The number of amides is 1. The fourth-order valence-electron chi connectivity index (χ4n) is 2.21. The van der Waals surface area contributed by atoms with Crippen LogP contribution in [0, 0.1) is 5.92 Å². The van der Waals surface area contributed by atoms with Crippen LogP contribution in [0.15, 0.2) is 24.3 Å². The number of nitrogens with one attached hydrogen (secondary N) is 1. The summed E-state index contributed by atoms with van der Waals surface area (Å²) in [6.07, 6.45) is 2.40. The number of hydrogen-bond acceptors (Lipinski definition) is 2. The molecule has 1 aliphatic carbocycles. The quantitative estimate of drug-likeness (QED) is 0.868. The molecule has 2 N–H and O–H groups in total. The van der Waals surface area contributed by atoms with Crippen LogP contribution in [0.4, 0.5) is 0 Å². The molecule has 0 radical (unpaired) electrons. The molecule has 0 spiro atoms. The lowest BCUT2D eigenvalue weighted by atomic mass is 10.1. The monoisotopic (exact) mass is 253 g/mol. The lowest BCUT2D eigenvalue weighted by Crippen LogP contribution is -2.28. The number of carbonyl (C=O) groups is 1. The summed E-state index contributed by atoms with van der Waals surface area (Å²) in [5, 5.41) is 12.7. The summed E-state index contributed by atoms with van der Waals surface area (Å²) in [5.74, 6) is 0.244. The largest absolute Gasteiger partial charge is 0.393 e. The van der Waals surface area contributed by atoms with Crippen LogP contribution in [0.5, 0.6) is 0 Å². The van der Waals surface area contributed by atoms with Gasteiger partial charge in [-0.25, -0.2) is 0 Å². The number of hydrogen-bond donors (Lipinski definition) is 2. The Bertz CT molecular complexity index is 408. The van der Waals surface area contributed by atoms with Crippen LogP contribution in [-0.2, 0) is 0 Å². The second kappa shape index (κ2) is 5.52. The zero-order chi connectivity index (χ0) is 12.3. The van der Waals surface area contributed by atoms with Gasteiger partial charge in [-0.3, -0.25) is 4.79 Å². The lowest BCUT2D eigenvalue weighted by molar-refractivity contribution is 0.0945. The van der Waals surface area contributed by atoms with Crippen LogP contribution in [0.25, 0.3) is 0 Å². The molecule has 1 fully saturated rings. The van der Waals surface area contributed by atoms with Crippen LogP contribution in [-0.4, -0.2) is 23.7 Å². The minimum Gasteiger partial charge on any atom is -0.393 e. The highest BCUT2D eigenvalue weighted by Gasteiger charge is 2.23. The van der Waals surface area contributed by atoms with Crippen molar-refractivity contribution in [2.45, 2.75) is 25.4 Å². The molecule has 1 amide bonds. The molecule has 4 heteroatoms. The normalized spacial score (nSPS) is 23.6. The summed E-state index contributed by atoms with van der Waals surface area (Å²) >= 11 is 5.94. The first-order chi connectivity index (χ1) is 8.16. The third-order valence-corrected chi connectivity index (χ3v) is 3.51. The SMILES string of the molecule is O=C(NCC1CCC(O)C1)c1ccccc1Cl. The molecule has 1 aromatic rings. The van der Waals surface area contributed by atoms with Crippen LogP contribution in [0.3, 0.4) is 0 Å². The predicted octanol–water partition coefficient (Wildman–Crippen LogP) is 2.23. The number of benzene rings is 1. The summed E-state index contributed by atoms with van der Waals surface area (Å²) in [5.41, 5.74) is 0.507. The number of carbonyl (C=O) groups excluding carboxylic acids is 1. The van der Waals surface area contributed by atoms with Gasteiger partial charge >= 0.3 is 0 Å². The fourth-order valence-corrected chi connectivity index (χ4v) is 2.43. The molecule has 1 aromatic carbocycles. The van der Waals surface area contributed by atoms with Gasteiger partial charge < -0.3 is 10.4 Å². The lowest BCUT2D eigenvalue weighted by Gasteiger charge is -2.11. The van der Waals surface area contributed by atoms with Crippen LogP contribution < -0.4 is 5.32 Å². The number of aliphatic hydroxyl groups is 1. The van der Waals surface area contributed by atoms with Gasteiger partial charge in [-0.1, -0.05) is 23.7 Å². The fraction of sp³-hybridized carbons (Fsp3) is 0.462. The van der Waals surface area contributed by atoms with Gasteiger partial charge in [0.1, 0.15) is 0 Å². The number of aliphatic hydroxyl groups excluding tert-OH is 1. The molecule has 1 saturated carbocycles. The van der Waals surface area contributed by atoms with E-state index in [1.807, 2.05) is 0 Å². The highest BCUT2D eigenvalue weighted by molar-refractivity contribution is 6.33. The van der Waals surface area contributed by atoms with Gasteiger partial charge in [0.05, 0.1) is 16.7 Å². The second-order valence-corrected chi connectivity index (χ2v) is 4.93. The Morgan fingerprint density at radius 2 is 2.18 bits per heavy atom. The van der Waals surface area contributed by atoms with E-state index in [2.05, 4.69) is 5.32 Å². The van der Waals surface area contributed by atoms with E-state index in [0.29, 0.717) is 23.0 Å². The minimum absolute atomic E-state index is 0.142. The van der Waals surface area contributed by atoms with Crippen LogP contribution in [0.2, 0.25) is 5.02 Å². The van der Waals surface area contributed by atoms with Crippen molar-refractivity contribution in [3.8, 4) is 0 Å². The maximum Gasteiger partial charge on any atom is 0.252 e. The predicted molar refractivity (Wildman–Crippen MR) is 67.1 cm³/mol. The maximum atomic E-state index is 11.8. The van der Waals surface area contributed by atoms with Gasteiger partial charge in [-0.2, -0.15) is 0 Å². The topological polar surface area (TPSA) is 49.3 Å². The van der Waals surface area contributed by atoms with Gasteiger partial charge in [-0.05, 0) is 37.3 Å². The smallest absolute Gasteiger partial charge is 0.252 e. The molecular formula is C13H16ClNO2. The Kier molecular flexibility index (Phi) is 4.02. The minimum atomic E-state index is -0.197. The van der Waals surface area contributed by atoms with Crippen molar-refractivity contribution in [1.29, 1.82) is 0 Å². The first-order valence-electron chi connectivity index (χ1n) is 5.87. The third kappa shape index (κ3) is 3.20. The summed E-state index contributed by atoms with van der Waals surface area (Å²) < 4.78 is 0. The van der Waals surface area contributed by atoms with E-state index < -0.39 is 0 Å². The van der Waals surface area contributed by atoms with Crippen molar-refractivity contribution < 1.29 is 9.90 Å². The number of halogens is 1. The third-order valence-electron chi connectivity index (χ3n) is 3.18. The molecule has 2 unspecified atom stereocenters. The van der Waals surface area contributed by atoms with Crippen LogP contribution in [0.1, 0.15) is 29.6 Å². The molecule has 0 aromatic heterocycles. The van der Waals surface area contributed by atoms with Gasteiger partial charge in [0, 0.05) is 6.54 Å². The molecule has 3 nitrogen and oxygen atoms in total. The molecule has 0 heterocycles. The van der Waals surface area contributed by atoms with E-state index in [0.717, 1.165) is 19.3 Å². The van der Waals surface area contributed by atoms with Crippen molar-refractivity contribution >= 4 is 17.5 Å². The standard InChI is InChI=1S/C13H16ClNO2/c14-12-4-2-1-3-11(12)13(17)15-8-9-5-6-10(16)7-9/h1-4,9-10,16H,5-8H2,(H,15,17). The Morgan fingerprint density at radius 3 is 2.82 bits per heavy atom. The zero-order valence-corrected chi connectivity index (χ0v) is 10.3. The second-order valence-electron chi connectivity index (χ2n) is 4.52. The number of rotatable bonds is 3. The molecular weight excluding hydrogens is 238 g/mol. The molecule has 2 atom stereocenters. The van der Waals surface area contributed by atoms with E-state index in [1.54, 1.807) is 24.3 Å². The van der Waals surface area contributed by atoms with Gasteiger partial charge in [-0.15, -0.1) is 0 Å². The summed E-state index contributed by atoms with van der Waals surface area (Å²) in [7, 11) is 0. The van der Waals surface area contributed by atoms with Gasteiger partial charge in [0.15, 0.2) is 0 Å².